The van der Waals surface area contributed by atoms with E-state index in [2.05, 4.69) is 0 Å². The average molecular weight is 408 g/mol. The van der Waals surface area contributed by atoms with E-state index >= 15 is 0 Å². The minimum Gasteiger partial charge on any atom is -0.459 e. The van der Waals surface area contributed by atoms with Crippen molar-refractivity contribution >= 4 is 17.9 Å². The zero-order valence-corrected chi connectivity index (χ0v) is 16.6. The molecule has 2 aliphatic carbocycles. The van der Waals surface area contributed by atoms with Crippen LogP contribution in [0.4, 0.5) is 0 Å². The first-order valence-electron chi connectivity index (χ1n) is 10.1. The lowest BCUT2D eigenvalue weighted by Crippen LogP contribution is -2.66. The van der Waals surface area contributed by atoms with Gasteiger partial charge in [0.2, 0.25) is 11.9 Å². The van der Waals surface area contributed by atoms with Gasteiger partial charge in [-0.05, 0) is 24.7 Å². The van der Waals surface area contributed by atoms with E-state index in [1.807, 2.05) is 20.8 Å². The van der Waals surface area contributed by atoms with Crippen LogP contribution in [0.2, 0.25) is 0 Å². The van der Waals surface area contributed by atoms with Crippen LogP contribution in [0, 0.1) is 28.1 Å². The van der Waals surface area contributed by atoms with Crippen molar-refractivity contribution in [2.24, 2.45) is 28.1 Å². The molecule has 6 rings (SSSR count). The summed E-state index contributed by atoms with van der Waals surface area (Å²) < 4.78 is 22.9. The smallest absolute Gasteiger partial charge is 0.342 e. The lowest BCUT2D eigenvalue weighted by Gasteiger charge is -2.46. The molecule has 0 aromatic rings. The molecule has 158 valence electrons. The third-order valence-electron chi connectivity index (χ3n) is 8.97. The molecule has 0 radical (unpaired) electrons. The van der Waals surface area contributed by atoms with Gasteiger partial charge >= 0.3 is 17.9 Å². The molecule has 10 atom stereocenters. The van der Waals surface area contributed by atoms with Crippen LogP contribution in [0.5, 0.6) is 0 Å². The van der Waals surface area contributed by atoms with E-state index < -0.39 is 70.5 Å². The number of esters is 3. The summed E-state index contributed by atoms with van der Waals surface area (Å²) in [5, 5.41) is 23.0. The number of fused-ring (bicyclic) bond motifs is 1. The molecule has 9 heteroatoms. The number of carbonyl (C=O) groups is 3. The third-order valence-corrected chi connectivity index (χ3v) is 8.97. The fraction of sp³-hybridized carbons (Fsp3) is 0.850. The quantitative estimate of drug-likeness (QED) is 0.408. The Morgan fingerprint density at radius 2 is 1.72 bits per heavy atom. The molecule has 3 unspecified atom stereocenters. The van der Waals surface area contributed by atoms with Gasteiger partial charge in [-0.15, -0.1) is 0 Å². The summed E-state index contributed by atoms with van der Waals surface area (Å²) in [6, 6.07) is 0. The normalized spacial score (nSPS) is 59.2. The molecule has 0 bridgehead atoms. The first kappa shape index (κ1) is 18.1. The summed E-state index contributed by atoms with van der Waals surface area (Å²) in [6.45, 7) is 7.47. The SMILES string of the molecule is C[C@@H]1C(=O)O[C@H]2CC34[C@@H]5CC(C(C)(C)C)[C@]36C(O)C(=O)O[C@H]6O[C@]4(C(=O)O5)[C@]21O. The molecule has 2 N–H and O–H groups in total. The van der Waals surface area contributed by atoms with Crippen molar-refractivity contribution in [1.82, 2.24) is 0 Å². The number of aliphatic hydroxyl groups is 2. The van der Waals surface area contributed by atoms with Gasteiger partial charge in [0.15, 0.2) is 11.7 Å². The van der Waals surface area contributed by atoms with Crippen LogP contribution >= 0.6 is 0 Å². The van der Waals surface area contributed by atoms with E-state index in [4.69, 9.17) is 18.9 Å². The highest BCUT2D eigenvalue weighted by atomic mass is 16.8. The standard InChI is InChI=1S/C20H24O9/c1-7-12(22)26-10-6-17-9-5-8(16(2,3)4)18(17)11(21)13(23)28-15(18)29-20(17,14(24)27-9)19(7,10)25/h7-11,15,21,25H,5-6H2,1-4H3/t7-,8?,9+,10+,11?,15+,17?,18-,19-,20+/m1/s1. The predicted octanol–water partition coefficient (Wildman–Crippen LogP) is -0.340. The number of hydrogen-bond donors (Lipinski definition) is 2. The van der Waals surface area contributed by atoms with E-state index in [-0.39, 0.29) is 17.8 Å². The monoisotopic (exact) mass is 408 g/mol. The molecule has 6 fully saturated rings. The Morgan fingerprint density at radius 1 is 1.03 bits per heavy atom. The summed E-state index contributed by atoms with van der Waals surface area (Å²) in [5.41, 5.74) is -6.81. The summed E-state index contributed by atoms with van der Waals surface area (Å²) in [5.74, 6) is -3.52. The van der Waals surface area contributed by atoms with E-state index in [1.54, 1.807) is 0 Å². The molecule has 29 heavy (non-hydrogen) atoms. The molecule has 0 aromatic heterocycles. The van der Waals surface area contributed by atoms with Gasteiger partial charge in [-0.2, -0.15) is 0 Å². The zero-order valence-electron chi connectivity index (χ0n) is 16.6. The fourth-order valence-electron chi connectivity index (χ4n) is 8.06. The van der Waals surface area contributed by atoms with Crippen LogP contribution in [-0.4, -0.2) is 63.9 Å². The van der Waals surface area contributed by atoms with Crippen molar-refractivity contribution in [3.8, 4) is 0 Å². The number of rotatable bonds is 0. The number of carbonyl (C=O) groups excluding carboxylic acids is 3. The molecule has 9 nitrogen and oxygen atoms in total. The van der Waals surface area contributed by atoms with E-state index in [0.717, 1.165) is 0 Å². The lowest BCUT2D eigenvalue weighted by atomic mass is 9.51. The zero-order chi connectivity index (χ0) is 20.9. The molecule has 4 saturated heterocycles. The van der Waals surface area contributed by atoms with E-state index in [9.17, 15) is 24.6 Å². The molecular formula is C20H24O9. The Kier molecular flexibility index (Phi) is 2.79. The van der Waals surface area contributed by atoms with E-state index in [1.165, 1.54) is 6.92 Å². The van der Waals surface area contributed by atoms with Gasteiger partial charge in [0.25, 0.3) is 0 Å². The topological polar surface area (TPSA) is 129 Å². The highest BCUT2D eigenvalue weighted by Gasteiger charge is 3.01. The van der Waals surface area contributed by atoms with Gasteiger partial charge in [0.05, 0.1) is 16.7 Å². The average Bonchev–Trinajstić information content (AvgIpc) is 3.31. The maximum atomic E-state index is 13.3. The van der Waals surface area contributed by atoms with Crippen LogP contribution in [0.15, 0.2) is 0 Å². The Bertz CT molecular complexity index is 893. The number of hydrogen-bond acceptors (Lipinski definition) is 9. The molecular weight excluding hydrogens is 384 g/mol. The maximum Gasteiger partial charge on any atom is 0.342 e. The Balaban J connectivity index is 1.68. The largest absolute Gasteiger partial charge is 0.459 e. The number of ether oxygens (including phenoxy) is 4. The van der Waals surface area contributed by atoms with Crippen molar-refractivity contribution in [2.75, 3.05) is 0 Å². The van der Waals surface area contributed by atoms with Crippen molar-refractivity contribution in [3.05, 3.63) is 0 Å². The molecule has 2 spiro atoms. The second kappa shape index (κ2) is 4.48. The van der Waals surface area contributed by atoms with Crippen molar-refractivity contribution in [3.63, 3.8) is 0 Å². The maximum absolute atomic E-state index is 13.3. The minimum atomic E-state index is -1.97. The van der Waals surface area contributed by atoms with Gasteiger partial charge in [-0.3, -0.25) is 4.79 Å². The Morgan fingerprint density at radius 3 is 2.38 bits per heavy atom. The molecule has 0 amide bonds. The van der Waals surface area contributed by atoms with Gasteiger partial charge in [-0.1, -0.05) is 20.8 Å². The van der Waals surface area contributed by atoms with Crippen LogP contribution in [0.3, 0.4) is 0 Å². The predicted molar refractivity (Wildman–Crippen MR) is 90.6 cm³/mol. The van der Waals surface area contributed by atoms with Crippen LogP contribution in [0.1, 0.15) is 40.5 Å². The van der Waals surface area contributed by atoms with Crippen LogP contribution in [0.25, 0.3) is 0 Å². The summed E-state index contributed by atoms with van der Waals surface area (Å²) in [6.07, 6.45) is -3.96. The highest BCUT2D eigenvalue weighted by Crippen LogP contribution is 2.84. The van der Waals surface area contributed by atoms with Gasteiger partial charge in [0, 0.05) is 6.42 Å². The summed E-state index contributed by atoms with van der Waals surface area (Å²) in [7, 11) is 0. The molecule has 6 aliphatic rings. The molecule has 4 heterocycles. The van der Waals surface area contributed by atoms with E-state index in [0.29, 0.717) is 6.42 Å². The second-order valence-corrected chi connectivity index (χ2v) is 10.6. The molecule has 2 saturated carbocycles. The van der Waals surface area contributed by atoms with Gasteiger partial charge < -0.3 is 29.2 Å². The van der Waals surface area contributed by atoms with Gasteiger partial charge in [-0.25, -0.2) is 9.59 Å². The molecule has 4 aliphatic heterocycles. The van der Waals surface area contributed by atoms with Gasteiger partial charge in [0.1, 0.15) is 12.2 Å². The summed E-state index contributed by atoms with van der Waals surface area (Å²) in [4.78, 5) is 38.1. The number of aliphatic hydroxyl groups excluding tert-OH is 1. The first-order chi connectivity index (χ1) is 13.4. The fourth-order valence-corrected chi connectivity index (χ4v) is 8.06. The Labute approximate surface area is 166 Å². The summed E-state index contributed by atoms with van der Waals surface area (Å²) >= 11 is 0. The van der Waals surface area contributed by atoms with Crippen molar-refractivity contribution in [1.29, 1.82) is 0 Å². The third kappa shape index (κ3) is 1.35. The highest BCUT2D eigenvalue weighted by molar-refractivity contribution is 5.93. The molecule has 0 aromatic carbocycles. The van der Waals surface area contributed by atoms with Crippen molar-refractivity contribution < 1.29 is 43.5 Å². The first-order valence-corrected chi connectivity index (χ1v) is 10.1. The van der Waals surface area contributed by atoms with Crippen molar-refractivity contribution in [2.45, 2.75) is 76.3 Å². The second-order valence-electron chi connectivity index (χ2n) is 10.6. The lowest BCUT2D eigenvalue weighted by molar-refractivity contribution is -0.238. The van der Waals surface area contributed by atoms with Crippen LogP contribution < -0.4 is 0 Å². The van der Waals surface area contributed by atoms with Crippen LogP contribution in [-0.2, 0) is 33.3 Å². The Hall–Kier alpha value is -1.71. The minimum absolute atomic E-state index is 0.0623.